The van der Waals surface area contributed by atoms with Gasteiger partial charge in [0.15, 0.2) is 0 Å². The van der Waals surface area contributed by atoms with Crippen molar-refractivity contribution in [1.29, 1.82) is 0 Å². The van der Waals surface area contributed by atoms with Crippen LogP contribution < -0.4 is 15.4 Å². The maximum absolute atomic E-state index is 11.6. The lowest BCUT2D eigenvalue weighted by molar-refractivity contribution is 0.167. The molecule has 0 aliphatic heterocycles. The van der Waals surface area contributed by atoms with Gasteiger partial charge in [0.25, 0.3) is 0 Å². The fourth-order valence-electron chi connectivity index (χ4n) is 1.55. The normalized spacial score (nSPS) is 11.8. The summed E-state index contributed by atoms with van der Waals surface area (Å²) in [5.41, 5.74) is 0.990. The summed E-state index contributed by atoms with van der Waals surface area (Å²) in [6.45, 7) is 0.714. The molecule has 0 fully saturated rings. The average Bonchev–Trinajstić information content (AvgIpc) is 2.49. The molecule has 0 bridgehead atoms. The van der Waals surface area contributed by atoms with Gasteiger partial charge in [0.2, 0.25) is 0 Å². The quantitative estimate of drug-likeness (QED) is 0.682. The van der Waals surface area contributed by atoms with Crippen molar-refractivity contribution in [1.82, 2.24) is 10.6 Å². The standard InChI is InChI=1S/C14H22N2O3S/c1-19-13-5-3-11(4-6-13)9-15-14(18)16-10-12(17)7-8-20-2/h3-6,12,17H,7-10H2,1-2H3,(H2,15,16,18). The van der Waals surface area contributed by atoms with Gasteiger partial charge in [-0.2, -0.15) is 11.8 Å². The van der Waals surface area contributed by atoms with E-state index in [4.69, 9.17) is 4.74 Å². The van der Waals surface area contributed by atoms with Gasteiger partial charge in [-0.05, 0) is 36.1 Å². The second-order valence-corrected chi connectivity index (χ2v) is 5.33. The highest BCUT2D eigenvalue weighted by Gasteiger charge is 2.06. The first kappa shape index (κ1) is 16.7. The lowest BCUT2D eigenvalue weighted by Crippen LogP contribution is -2.39. The monoisotopic (exact) mass is 298 g/mol. The molecule has 0 heterocycles. The number of methoxy groups -OCH3 is 1. The predicted octanol–water partition coefficient (Wildman–Crippen LogP) is 1.61. The number of hydrogen-bond donors (Lipinski definition) is 3. The highest BCUT2D eigenvalue weighted by atomic mass is 32.2. The number of nitrogens with one attached hydrogen (secondary N) is 2. The molecule has 1 aromatic carbocycles. The second kappa shape index (κ2) is 9.50. The van der Waals surface area contributed by atoms with Crippen molar-refractivity contribution in [3.05, 3.63) is 29.8 Å². The molecule has 6 heteroatoms. The SMILES string of the molecule is COc1ccc(CNC(=O)NCC(O)CCSC)cc1. The first-order valence-corrected chi connectivity index (χ1v) is 7.86. The molecule has 5 nitrogen and oxygen atoms in total. The first-order valence-electron chi connectivity index (χ1n) is 6.47. The van der Waals surface area contributed by atoms with Crippen LogP contribution in [0.3, 0.4) is 0 Å². The number of aliphatic hydroxyl groups is 1. The lowest BCUT2D eigenvalue weighted by atomic mass is 10.2. The number of rotatable bonds is 8. The van der Waals surface area contributed by atoms with Gasteiger partial charge in [0.1, 0.15) is 5.75 Å². The number of aliphatic hydroxyl groups excluding tert-OH is 1. The third-order valence-electron chi connectivity index (χ3n) is 2.77. The topological polar surface area (TPSA) is 70.6 Å². The van der Waals surface area contributed by atoms with Crippen LogP contribution in [-0.2, 0) is 6.54 Å². The summed E-state index contributed by atoms with van der Waals surface area (Å²) >= 11 is 1.68. The number of benzene rings is 1. The molecule has 1 unspecified atom stereocenters. The van der Waals surface area contributed by atoms with Crippen molar-refractivity contribution >= 4 is 17.8 Å². The molecule has 1 rings (SSSR count). The highest BCUT2D eigenvalue weighted by molar-refractivity contribution is 7.98. The molecule has 2 amide bonds. The fraction of sp³-hybridized carbons (Fsp3) is 0.500. The Morgan fingerprint density at radius 1 is 1.35 bits per heavy atom. The third kappa shape index (κ3) is 6.68. The Bertz CT molecular complexity index is 398. The van der Waals surface area contributed by atoms with Gasteiger partial charge in [-0.15, -0.1) is 0 Å². The summed E-state index contributed by atoms with van der Waals surface area (Å²) in [6.07, 6.45) is 2.18. The number of hydrogen-bond acceptors (Lipinski definition) is 4. The zero-order chi connectivity index (χ0) is 14.8. The number of amides is 2. The second-order valence-electron chi connectivity index (χ2n) is 4.35. The van der Waals surface area contributed by atoms with E-state index in [-0.39, 0.29) is 12.6 Å². The van der Waals surface area contributed by atoms with E-state index >= 15 is 0 Å². The first-order chi connectivity index (χ1) is 9.65. The minimum absolute atomic E-state index is 0.273. The average molecular weight is 298 g/mol. The van der Waals surface area contributed by atoms with E-state index in [1.165, 1.54) is 0 Å². The zero-order valence-electron chi connectivity index (χ0n) is 11.9. The molecule has 0 spiro atoms. The van der Waals surface area contributed by atoms with Crippen LogP contribution in [0.5, 0.6) is 5.75 Å². The molecule has 1 aromatic rings. The summed E-state index contributed by atoms with van der Waals surface area (Å²) in [5, 5.41) is 15.0. The Labute approximate surface area is 124 Å². The summed E-state index contributed by atoms with van der Waals surface area (Å²) in [7, 11) is 1.61. The molecule has 0 radical (unpaired) electrons. The molecular formula is C14H22N2O3S. The van der Waals surface area contributed by atoms with E-state index in [1.807, 2.05) is 30.5 Å². The van der Waals surface area contributed by atoms with Gasteiger partial charge in [-0.1, -0.05) is 12.1 Å². The highest BCUT2D eigenvalue weighted by Crippen LogP contribution is 2.10. The van der Waals surface area contributed by atoms with E-state index in [9.17, 15) is 9.90 Å². The Morgan fingerprint density at radius 2 is 2.05 bits per heavy atom. The van der Waals surface area contributed by atoms with Crippen molar-refractivity contribution in [2.24, 2.45) is 0 Å². The minimum Gasteiger partial charge on any atom is -0.497 e. The fourth-order valence-corrected chi connectivity index (χ4v) is 2.06. The number of carbonyl (C=O) groups excluding carboxylic acids is 1. The molecule has 0 aliphatic rings. The van der Waals surface area contributed by atoms with Crippen molar-refractivity contribution in [2.75, 3.05) is 25.7 Å². The van der Waals surface area contributed by atoms with Crippen LogP contribution in [0.4, 0.5) is 4.79 Å². The molecule has 0 aliphatic carbocycles. The summed E-state index contributed by atoms with van der Waals surface area (Å²) < 4.78 is 5.06. The van der Waals surface area contributed by atoms with Crippen LogP contribution >= 0.6 is 11.8 Å². The number of ether oxygens (including phenoxy) is 1. The van der Waals surface area contributed by atoms with E-state index < -0.39 is 6.10 Å². The molecule has 0 saturated carbocycles. The maximum Gasteiger partial charge on any atom is 0.315 e. The molecule has 3 N–H and O–H groups in total. The summed E-state index contributed by atoms with van der Waals surface area (Å²) in [4.78, 5) is 11.6. The van der Waals surface area contributed by atoms with E-state index in [1.54, 1.807) is 18.9 Å². The van der Waals surface area contributed by atoms with Crippen LogP contribution in [0.1, 0.15) is 12.0 Å². The van der Waals surface area contributed by atoms with Gasteiger partial charge >= 0.3 is 6.03 Å². The maximum atomic E-state index is 11.6. The van der Waals surface area contributed by atoms with E-state index in [0.717, 1.165) is 17.1 Å². The summed E-state index contributed by atoms with van der Waals surface area (Å²) in [6, 6.07) is 7.21. The Kier molecular flexibility index (Phi) is 7.91. The van der Waals surface area contributed by atoms with Gasteiger partial charge in [0.05, 0.1) is 13.2 Å². The summed E-state index contributed by atoms with van der Waals surface area (Å²) in [5.74, 6) is 1.67. The number of urea groups is 1. The van der Waals surface area contributed by atoms with Crippen LogP contribution in [0.15, 0.2) is 24.3 Å². The largest absolute Gasteiger partial charge is 0.497 e. The van der Waals surface area contributed by atoms with Crippen molar-refractivity contribution in [3.8, 4) is 5.75 Å². The van der Waals surface area contributed by atoms with Crippen molar-refractivity contribution in [2.45, 2.75) is 19.1 Å². The van der Waals surface area contributed by atoms with E-state index in [2.05, 4.69) is 10.6 Å². The minimum atomic E-state index is -0.491. The van der Waals surface area contributed by atoms with Crippen molar-refractivity contribution < 1.29 is 14.6 Å². The smallest absolute Gasteiger partial charge is 0.315 e. The molecule has 20 heavy (non-hydrogen) atoms. The number of thioether (sulfide) groups is 1. The van der Waals surface area contributed by atoms with Gasteiger partial charge in [-0.25, -0.2) is 4.79 Å². The lowest BCUT2D eigenvalue weighted by Gasteiger charge is -2.12. The van der Waals surface area contributed by atoms with E-state index in [0.29, 0.717) is 13.0 Å². The molecule has 1 atom stereocenters. The van der Waals surface area contributed by atoms with Crippen LogP contribution in [0.2, 0.25) is 0 Å². The predicted molar refractivity (Wildman–Crippen MR) is 82.2 cm³/mol. The van der Waals surface area contributed by atoms with Crippen LogP contribution in [0.25, 0.3) is 0 Å². The molecular weight excluding hydrogens is 276 g/mol. The molecule has 0 saturated heterocycles. The Balaban J connectivity index is 2.21. The van der Waals surface area contributed by atoms with Crippen molar-refractivity contribution in [3.63, 3.8) is 0 Å². The number of carbonyl (C=O) groups is 1. The zero-order valence-corrected chi connectivity index (χ0v) is 12.7. The molecule has 0 aromatic heterocycles. The molecule has 112 valence electrons. The third-order valence-corrected chi connectivity index (χ3v) is 3.41. The van der Waals surface area contributed by atoms with Crippen LogP contribution in [-0.4, -0.2) is 42.9 Å². The van der Waals surface area contributed by atoms with Gasteiger partial charge in [0, 0.05) is 13.1 Å². The van der Waals surface area contributed by atoms with Gasteiger partial charge in [-0.3, -0.25) is 0 Å². The van der Waals surface area contributed by atoms with Gasteiger partial charge < -0.3 is 20.5 Å². The Morgan fingerprint density at radius 3 is 2.65 bits per heavy atom. The Hall–Kier alpha value is -1.40. The van der Waals surface area contributed by atoms with Crippen LogP contribution in [0, 0.1) is 0 Å².